The summed E-state index contributed by atoms with van der Waals surface area (Å²) in [6.45, 7) is 2.35. The molecule has 2 rings (SSSR count). The number of ether oxygens (including phenoxy) is 1. The van der Waals surface area contributed by atoms with E-state index in [1.807, 2.05) is 0 Å². The van der Waals surface area contributed by atoms with E-state index in [-0.39, 0.29) is 24.6 Å². The van der Waals surface area contributed by atoms with Crippen LogP contribution in [0.4, 0.5) is 4.39 Å². The van der Waals surface area contributed by atoms with Crippen molar-refractivity contribution in [2.45, 2.75) is 26.2 Å². The Balaban J connectivity index is 1.91. The molecular weight excluding hydrogens is 289 g/mol. The highest BCUT2D eigenvalue weighted by molar-refractivity contribution is 5.80. The summed E-state index contributed by atoms with van der Waals surface area (Å²) in [4.78, 5) is 24.9. The molecule has 1 saturated heterocycles. The molecular formula is C16H20FNO4. The molecule has 22 heavy (non-hydrogen) atoms. The number of hydrogen-bond acceptors (Lipinski definition) is 3. The minimum atomic E-state index is -0.875. The summed E-state index contributed by atoms with van der Waals surface area (Å²) < 4.78 is 18.4. The third kappa shape index (κ3) is 3.37. The largest absolute Gasteiger partial charge is 0.494 e. The van der Waals surface area contributed by atoms with E-state index in [9.17, 15) is 14.0 Å². The molecule has 1 aliphatic heterocycles. The van der Waals surface area contributed by atoms with Crippen LogP contribution in [0.3, 0.4) is 0 Å². The molecule has 0 saturated carbocycles. The first-order valence-electron chi connectivity index (χ1n) is 7.19. The minimum absolute atomic E-state index is 0.0961. The van der Waals surface area contributed by atoms with Gasteiger partial charge in [-0.3, -0.25) is 9.59 Å². The molecule has 1 heterocycles. The normalized spacial score (nSPS) is 21.0. The smallest absolute Gasteiger partial charge is 0.311 e. The highest BCUT2D eigenvalue weighted by Crippen LogP contribution is 2.30. The number of aryl methyl sites for hydroxylation is 1. The first kappa shape index (κ1) is 16.3. The summed E-state index contributed by atoms with van der Waals surface area (Å²) >= 11 is 0. The first-order valence-corrected chi connectivity index (χ1v) is 7.19. The number of nitrogens with zero attached hydrogens (tertiary/aromatic N) is 1. The second-order valence-electron chi connectivity index (χ2n) is 5.90. The third-order valence-electron chi connectivity index (χ3n) is 4.19. The summed E-state index contributed by atoms with van der Waals surface area (Å²) in [7, 11) is 1.40. The van der Waals surface area contributed by atoms with Crippen LogP contribution >= 0.6 is 0 Å². The van der Waals surface area contributed by atoms with E-state index in [0.29, 0.717) is 24.9 Å². The fraction of sp³-hybridized carbons (Fsp3) is 0.500. The van der Waals surface area contributed by atoms with Gasteiger partial charge in [-0.25, -0.2) is 4.39 Å². The van der Waals surface area contributed by atoms with Crippen LogP contribution in [0, 0.1) is 11.2 Å². The summed E-state index contributed by atoms with van der Waals surface area (Å²) in [5.41, 5.74) is -0.145. The van der Waals surface area contributed by atoms with Crippen LogP contribution in [0.5, 0.6) is 5.75 Å². The van der Waals surface area contributed by atoms with E-state index in [4.69, 9.17) is 9.84 Å². The molecule has 1 fully saturated rings. The van der Waals surface area contributed by atoms with Crippen LogP contribution < -0.4 is 4.74 Å². The number of carbonyl (C=O) groups excluding carboxylic acids is 1. The van der Waals surface area contributed by atoms with E-state index in [2.05, 4.69) is 0 Å². The second kappa shape index (κ2) is 6.34. The van der Waals surface area contributed by atoms with Gasteiger partial charge in [-0.05, 0) is 37.5 Å². The first-order chi connectivity index (χ1) is 10.4. The highest BCUT2D eigenvalue weighted by Gasteiger charge is 2.41. The number of carboxylic acid groups (broad SMARTS) is 1. The van der Waals surface area contributed by atoms with Crippen molar-refractivity contribution in [3.05, 3.63) is 29.6 Å². The maximum Gasteiger partial charge on any atom is 0.311 e. The zero-order valence-electron chi connectivity index (χ0n) is 12.8. The van der Waals surface area contributed by atoms with Gasteiger partial charge in [0, 0.05) is 19.5 Å². The molecule has 1 amide bonds. The van der Waals surface area contributed by atoms with Gasteiger partial charge >= 0.3 is 5.97 Å². The number of likely N-dealkylation sites (tertiary alicyclic amines) is 1. The molecule has 1 aliphatic rings. The maximum absolute atomic E-state index is 13.6. The average molecular weight is 309 g/mol. The second-order valence-corrected chi connectivity index (χ2v) is 5.90. The van der Waals surface area contributed by atoms with E-state index in [1.165, 1.54) is 19.2 Å². The Morgan fingerprint density at radius 2 is 2.18 bits per heavy atom. The number of halogens is 1. The van der Waals surface area contributed by atoms with Crippen LogP contribution in [0.15, 0.2) is 18.2 Å². The van der Waals surface area contributed by atoms with Crippen LogP contribution in [0.2, 0.25) is 0 Å². The maximum atomic E-state index is 13.6. The standard InChI is InChI=1S/C16H20FNO4/c1-16(15(20)21)7-8-18(10-16)14(19)6-4-11-3-5-13(22-2)12(17)9-11/h3,5,9H,4,6-8,10H2,1-2H3,(H,20,21). The number of methoxy groups -OCH3 is 1. The molecule has 0 bridgehead atoms. The Hall–Kier alpha value is -2.11. The van der Waals surface area contributed by atoms with Crippen molar-refractivity contribution in [1.82, 2.24) is 4.90 Å². The molecule has 0 aliphatic carbocycles. The van der Waals surface area contributed by atoms with Gasteiger partial charge in [-0.1, -0.05) is 6.07 Å². The van der Waals surface area contributed by atoms with Gasteiger partial charge in [0.05, 0.1) is 12.5 Å². The summed E-state index contributed by atoms with van der Waals surface area (Å²) in [5, 5.41) is 9.17. The lowest BCUT2D eigenvalue weighted by Gasteiger charge is -2.20. The lowest BCUT2D eigenvalue weighted by Crippen LogP contribution is -2.34. The molecule has 0 radical (unpaired) electrons. The van der Waals surface area contributed by atoms with E-state index >= 15 is 0 Å². The van der Waals surface area contributed by atoms with Crippen molar-refractivity contribution in [2.24, 2.45) is 5.41 Å². The number of rotatable bonds is 5. The molecule has 120 valence electrons. The van der Waals surface area contributed by atoms with Gasteiger partial charge in [-0.15, -0.1) is 0 Å². The fourth-order valence-corrected chi connectivity index (χ4v) is 2.62. The van der Waals surface area contributed by atoms with Crippen molar-refractivity contribution in [2.75, 3.05) is 20.2 Å². The highest BCUT2D eigenvalue weighted by atomic mass is 19.1. The predicted octanol–water partition coefficient (Wildman–Crippen LogP) is 2.09. The van der Waals surface area contributed by atoms with E-state index in [0.717, 1.165) is 0 Å². The summed E-state index contributed by atoms with van der Waals surface area (Å²) in [5.74, 6) is -1.25. The van der Waals surface area contributed by atoms with Gasteiger partial charge in [0.2, 0.25) is 5.91 Å². The Morgan fingerprint density at radius 3 is 2.73 bits per heavy atom. The van der Waals surface area contributed by atoms with Crippen molar-refractivity contribution >= 4 is 11.9 Å². The van der Waals surface area contributed by atoms with Crippen LogP contribution in [0.25, 0.3) is 0 Å². The number of carboxylic acids is 1. The molecule has 1 unspecified atom stereocenters. The minimum Gasteiger partial charge on any atom is -0.494 e. The zero-order valence-corrected chi connectivity index (χ0v) is 12.8. The Kier molecular flexibility index (Phi) is 4.68. The topological polar surface area (TPSA) is 66.8 Å². The predicted molar refractivity (Wildman–Crippen MR) is 78.2 cm³/mol. The molecule has 0 aromatic heterocycles. The monoisotopic (exact) mass is 309 g/mol. The summed E-state index contributed by atoms with van der Waals surface area (Å²) in [6.07, 6.45) is 1.12. The molecule has 1 atom stereocenters. The number of aliphatic carboxylic acids is 1. The number of amides is 1. The molecule has 1 aromatic carbocycles. The summed E-state index contributed by atoms with van der Waals surface area (Å²) in [6, 6.07) is 4.62. The molecule has 1 N–H and O–H groups in total. The van der Waals surface area contributed by atoms with Crippen molar-refractivity contribution in [1.29, 1.82) is 0 Å². The lowest BCUT2D eigenvalue weighted by molar-refractivity contribution is -0.147. The molecule has 5 nitrogen and oxygen atoms in total. The Morgan fingerprint density at radius 1 is 1.45 bits per heavy atom. The van der Waals surface area contributed by atoms with Crippen molar-refractivity contribution in [3.8, 4) is 5.75 Å². The van der Waals surface area contributed by atoms with Gasteiger partial charge in [0.1, 0.15) is 0 Å². The molecule has 0 spiro atoms. The van der Waals surface area contributed by atoms with E-state index < -0.39 is 17.2 Å². The number of hydrogen-bond donors (Lipinski definition) is 1. The number of benzene rings is 1. The lowest BCUT2D eigenvalue weighted by atomic mass is 9.90. The van der Waals surface area contributed by atoms with Crippen molar-refractivity contribution < 1.29 is 23.8 Å². The SMILES string of the molecule is COc1ccc(CCC(=O)N2CCC(C)(C(=O)O)C2)cc1F. The van der Waals surface area contributed by atoms with Gasteiger partial charge in [-0.2, -0.15) is 0 Å². The molecule has 6 heteroatoms. The van der Waals surface area contributed by atoms with Gasteiger partial charge < -0.3 is 14.7 Å². The van der Waals surface area contributed by atoms with Crippen molar-refractivity contribution in [3.63, 3.8) is 0 Å². The van der Waals surface area contributed by atoms with E-state index in [1.54, 1.807) is 17.9 Å². The zero-order chi connectivity index (χ0) is 16.3. The third-order valence-corrected chi connectivity index (χ3v) is 4.19. The quantitative estimate of drug-likeness (QED) is 0.904. The van der Waals surface area contributed by atoms with Crippen LogP contribution in [0.1, 0.15) is 25.3 Å². The van der Waals surface area contributed by atoms with Gasteiger partial charge in [0.25, 0.3) is 0 Å². The fourth-order valence-electron chi connectivity index (χ4n) is 2.62. The number of carbonyl (C=O) groups is 2. The van der Waals surface area contributed by atoms with Gasteiger partial charge in [0.15, 0.2) is 11.6 Å². The Labute approximate surface area is 128 Å². The van der Waals surface area contributed by atoms with Crippen LogP contribution in [-0.2, 0) is 16.0 Å². The molecule has 1 aromatic rings. The Bertz CT molecular complexity index is 590. The average Bonchev–Trinajstić information content (AvgIpc) is 2.89. The van der Waals surface area contributed by atoms with Crippen LogP contribution in [-0.4, -0.2) is 42.1 Å².